The van der Waals surface area contributed by atoms with E-state index in [1.807, 2.05) is 0 Å². The van der Waals surface area contributed by atoms with Gasteiger partial charge < -0.3 is 19.9 Å². The van der Waals surface area contributed by atoms with Crippen molar-refractivity contribution in [3.8, 4) is 5.88 Å². The highest BCUT2D eigenvalue weighted by atomic mass is 19.1. The van der Waals surface area contributed by atoms with Gasteiger partial charge in [-0.25, -0.2) is 9.37 Å². The van der Waals surface area contributed by atoms with Gasteiger partial charge >= 0.3 is 0 Å². The summed E-state index contributed by atoms with van der Waals surface area (Å²) < 4.78 is 23.7. The van der Waals surface area contributed by atoms with Crippen molar-refractivity contribution >= 4 is 23.4 Å². The molecule has 0 atom stereocenters. The number of aromatic nitrogens is 3. The Kier molecular flexibility index (Phi) is 5.30. The zero-order valence-electron chi connectivity index (χ0n) is 15.0. The summed E-state index contributed by atoms with van der Waals surface area (Å²) in [4.78, 5) is 20.4. The van der Waals surface area contributed by atoms with Crippen molar-refractivity contribution in [2.75, 3.05) is 17.2 Å². The molecule has 2 aromatic heterocycles. The van der Waals surface area contributed by atoms with Crippen LogP contribution in [0.25, 0.3) is 0 Å². The van der Waals surface area contributed by atoms with E-state index in [1.54, 1.807) is 45.0 Å². The Balaban J connectivity index is 1.64. The second kappa shape index (κ2) is 7.81. The summed E-state index contributed by atoms with van der Waals surface area (Å²) in [7, 11) is 0. The van der Waals surface area contributed by atoms with Gasteiger partial charge in [-0.3, -0.25) is 4.79 Å². The fourth-order valence-electron chi connectivity index (χ4n) is 2.26. The zero-order chi connectivity index (χ0) is 19.4. The molecule has 3 rings (SSSR count). The van der Waals surface area contributed by atoms with E-state index in [9.17, 15) is 9.18 Å². The number of halogens is 1. The SMILES string of the molecule is Cc1cc(OCC(=O)Nc2cc(C)on2)nc(Nc2ccc(F)c(C)c2)n1. The molecule has 140 valence electrons. The van der Waals surface area contributed by atoms with Crippen molar-refractivity contribution < 1.29 is 18.4 Å². The maximum atomic E-state index is 13.4. The molecule has 1 amide bonds. The van der Waals surface area contributed by atoms with Crippen LogP contribution >= 0.6 is 0 Å². The Labute approximate surface area is 154 Å². The second-order valence-corrected chi connectivity index (χ2v) is 5.92. The van der Waals surface area contributed by atoms with Gasteiger partial charge in [-0.2, -0.15) is 4.98 Å². The predicted octanol–water partition coefficient (Wildman–Crippen LogP) is 3.29. The Hall–Kier alpha value is -3.49. The predicted molar refractivity (Wildman–Crippen MR) is 96.6 cm³/mol. The Bertz CT molecular complexity index is 973. The summed E-state index contributed by atoms with van der Waals surface area (Å²) in [5.74, 6) is 0.725. The molecular formula is C18H18FN5O3. The molecule has 0 saturated carbocycles. The van der Waals surface area contributed by atoms with E-state index in [0.717, 1.165) is 0 Å². The van der Waals surface area contributed by atoms with E-state index in [4.69, 9.17) is 9.26 Å². The van der Waals surface area contributed by atoms with E-state index in [-0.39, 0.29) is 24.3 Å². The van der Waals surface area contributed by atoms with Gasteiger partial charge in [-0.1, -0.05) is 5.16 Å². The maximum Gasteiger partial charge on any atom is 0.263 e. The van der Waals surface area contributed by atoms with Gasteiger partial charge in [0.1, 0.15) is 11.6 Å². The summed E-state index contributed by atoms with van der Waals surface area (Å²) >= 11 is 0. The number of anilines is 3. The summed E-state index contributed by atoms with van der Waals surface area (Å²) in [6, 6.07) is 7.80. The number of ether oxygens (including phenoxy) is 1. The molecule has 9 heteroatoms. The Morgan fingerprint density at radius 3 is 2.70 bits per heavy atom. The van der Waals surface area contributed by atoms with E-state index < -0.39 is 5.91 Å². The average molecular weight is 371 g/mol. The third-order valence-corrected chi connectivity index (χ3v) is 3.49. The molecule has 0 aliphatic heterocycles. The van der Waals surface area contributed by atoms with Crippen LogP contribution in [0.4, 0.5) is 21.8 Å². The molecule has 0 saturated heterocycles. The summed E-state index contributed by atoms with van der Waals surface area (Å²) in [6.45, 7) is 4.91. The van der Waals surface area contributed by atoms with Crippen molar-refractivity contribution in [1.29, 1.82) is 0 Å². The van der Waals surface area contributed by atoms with Gasteiger partial charge in [-0.15, -0.1) is 0 Å². The van der Waals surface area contributed by atoms with Crippen LogP contribution in [-0.4, -0.2) is 27.6 Å². The van der Waals surface area contributed by atoms with Gasteiger partial charge in [0.15, 0.2) is 12.4 Å². The number of nitrogens with one attached hydrogen (secondary N) is 2. The molecule has 0 bridgehead atoms. The van der Waals surface area contributed by atoms with Crippen molar-refractivity contribution in [2.24, 2.45) is 0 Å². The number of carbonyl (C=O) groups is 1. The van der Waals surface area contributed by atoms with Crippen molar-refractivity contribution in [2.45, 2.75) is 20.8 Å². The van der Waals surface area contributed by atoms with Gasteiger partial charge in [0.05, 0.1) is 0 Å². The van der Waals surface area contributed by atoms with Crippen LogP contribution in [0.3, 0.4) is 0 Å². The Morgan fingerprint density at radius 1 is 1.19 bits per heavy atom. The molecule has 3 aromatic rings. The summed E-state index contributed by atoms with van der Waals surface area (Å²) in [5, 5.41) is 9.22. The zero-order valence-corrected chi connectivity index (χ0v) is 15.0. The van der Waals surface area contributed by atoms with Crippen molar-refractivity contribution in [1.82, 2.24) is 15.1 Å². The lowest BCUT2D eigenvalue weighted by molar-refractivity contribution is -0.118. The van der Waals surface area contributed by atoms with Gasteiger partial charge in [0.2, 0.25) is 11.8 Å². The molecular weight excluding hydrogens is 353 g/mol. The molecule has 0 spiro atoms. The first kappa shape index (κ1) is 18.3. The molecule has 0 fully saturated rings. The molecule has 8 nitrogen and oxygen atoms in total. The fourth-order valence-corrected chi connectivity index (χ4v) is 2.26. The van der Waals surface area contributed by atoms with E-state index in [0.29, 0.717) is 28.5 Å². The molecule has 2 heterocycles. The van der Waals surface area contributed by atoms with E-state index in [2.05, 4.69) is 25.8 Å². The highest BCUT2D eigenvalue weighted by Gasteiger charge is 2.10. The van der Waals surface area contributed by atoms with Gasteiger partial charge in [0.25, 0.3) is 5.91 Å². The molecule has 1 aromatic carbocycles. The third kappa shape index (κ3) is 5.00. The first-order chi connectivity index (χ1) is 12.9. The monoisotopic (exact) mass is 371 g/mol. The molecule has 0 aliphatic rings. The number of amides is 1. The van der Waals surface area contributed by atoms with Crippen LogP contribution in [0.15, 0.2) is 34.9 Å². The highest BCUT2D eigenvalue weighted by molar-refractivity contribution is 5.90. The smallest absolute Gasteiger partial charge is 0.263 e. The molecule has 2 N–H and O–H groups in total. The highest BCUT2D eigenvalue weighted by Crippen LogP contribution is 2.19. The third-order valence-electron chi connectivity index (χ3n) is 3.49. The lowest BCUT2D eigenvalue weighted by Gasteiger charge is -2.10. The largest absolute Gasteiger partial charge is 0.467 e. The Morgan fingerprint density at radius 2 is 2.00 bits per heavy atom. The average Bonchev–Trinajstić information content (AvgIpc) is 3.01. The number of benzene rings is 1. The summed E-state index contributed by atoms with van der Waals surface area (Å²) in [5.41, 5.74) is 1.79. The number of aryl methyl sites for hydroxylation is 3. The standard InChI is InChI=1S/C18H18FN5O3/c1-10-6-13(4-5-14(10)19)21-18-20-11(2)7-17(23-18)26-9-16(25)22-15-8-12(3)27-24-15/h4-8H,9H2,1-3H3,(H,20,21,23)(H,22,24,25). The number of hydrogen-bond donors (Lipinski definition) is 2. The van der Waals surface area contributed by atoms with Crippen LogP contribution in [0.5, 0.6) is 5.88 Å². The normalized spacial score (nSPS) is 10.5. The molecule has 0 aliphatic carbocycles. The van der Waals surface area contributed by atoms with Crippen LogP contribution in [0.1, 0.15) is 17.0 Å². The lowest BCUT2D eigenvalue weighted by Crippen LogP contribution is -2.20. The maximum absolute atomic E-state index is 13.4. The number of carbonyl (C=O) groups excluding carboxylic acids is 1. The van der Waals surface area contributed by atoms with Crippen LogP contribution < -0.4 is 15.4 Å². The van der Waals surface area contributed by atoms with E-state index >= 15 is 0 Å². The fraction of sp³-hybridized carbons (Fsp3) is 0.222. The van der Waals surface area contributed by atoms with Crippen molar-refractivity contribution in [3.05, 3.63) is 53.2 Å². The minimum absolute atomic E-state index is 0.232. The van der Waals surface area contributed by atoms with Crippen LogP contribution in [0.2, 0.25) is 0 Å². The molecule has 27 heavy (non-hydrogen) atoms. The van der Waals surface area contributed by atoms with E-state index in [1.165, 1.54) is 6.07 Å². The van der Waals surface area contributed by atoms with Crippen LogP contribution in [0, 0.1) is 26.6 Å². The summed E-state index contributed by atoms with van der Waals surface area (Å²) in [6.07, 6.45) is 0. The number of nitrogens with zero attached hydrogens (tertiary/aromatic N) is 3. The molecule has 0 unspecified atom stereocenters. The van der Waals surface area contributed by atoms with Crippen LogP contribution in [-0.2, 0) is 4.79 Å². The number of rotatable bonds is 6. The first-order valence-electron chi connectivity index (χ1n) is 8.14. The topological polar surface area (TPSA) is 102 Å². The minimum Gasteiger partial charge on any atom is -0.467 e. The second-order valence-electron chi connectivity index (χ2n) is 5.92. The van der Waals surface area contributed by atoms with Crippen molar-refractivity contribution in [3.63, 3.8) is 0 Å². The quantitative estimate of drug-likeness (QED) is 0.685. The minimum atomic E-state index is -0.400. The first-order valence-corrected chi connectivity index (χ1v) is 8.14. The molecule has 0 radical (unpaired) electrons. The van der Waals surface area contributed by atoms with Gasteiger partial charge in [0, 0.05) is 23.5 Å². The van der Waals surface area contributed by atoms with Gasteiger partial charge in [-0.05, 0) is 44.5 Å². The number of hydrogen-bond acceptors (Lipinski definition) is 7. The lowest BCUT2D eigenvalue weighted by atomic mass is 10.2.